The Kier molecular flexibility index (Phi) is 4.21. The lowest BCUT2D eigenvalue weighted by Crippen LogP contribution is -2.55. The van der Waals surface area contributed by atoms with Gasteiger partial charge in [0, 0.05) is 19.1 Å². The Hall–Kier alpha value is -0.830. The molecular weight excluding hydrogens is 242 g/mol. The first-order chi connectivity index (χ1) is 8.20. The molecule has 0 aromatic carbocycles. The zero-order valence-electron chi connectivity index (χ0n) is 9.56. The lowest BCUT2D eigenvalue weighted by atomic mass is 10.2. The van der Waals surface area contributed by atoms with E-state index < -0.39 is 5.38 Å². The molecule has 1 aliphatic carbocycles. The number of halogens is 1. The normalized spacial score (nSPS) is 27.2. The van der Waals surface area contributed by atoms with Crippen LogP contribution in [0.4, 0.5) is 0 Å². The second kappa shape index (κ2) is 5.67. The van der Waals surface area contributed by atoms with Gasteiger partial charge in [0.2, 0.25) is 5.91 Å². The summed E-state index contributed by atoms with van der Waals surface area (Å²) in [6.07, 6.45) is 2.13. The van der Waals surface area contributed by atoms with Crippen LogP contribution in [-0.4, -0.2) is 54.6 Å². The summed E-state index contributed by atoms with van der Waals surface area (Å²) in [5, 5.41) is 11.1. The molecule has 1 aliphatic heterocycles. The van der Waals surface area contributed by atoms with Crippen LogP contribution in [0.1, 0.15) is 12.8 Å². The van der Waals surface area contributed by atoms with Gasteiger partial charge in [0.15, 0.2) is 0 Å². The molecule has 0 aromatic heterocycles. The SMILES string of the molecule is N#CC(Cl)CN1CCOCC1C(=O)NC1CC1. The predicted molar refractivity (Wildman–Crippen MR) is 62.6 cm³/mol. The van der Waals surface area contributed by atoms with Crippen molar-refractivity contribution in [2.24, 2.45) is 0 Å². The Balaban J connectivity index is 1.90. The second-order valence-corrected chi connectivity index (χ2v) is 4.99. The van der Waals surface area contributed by atoms with Crippen LogP contribution in [0, 0.1) is 11.3 Å². The van der Waals surface area contributed by atoms with E-state index in [1.54, 1.807) is 0 Å². The summed E-state index contributed by atoms with van der Waals surface area (Å²) >= 11 is 5.81. The van der Waals surface area contributed by atoms with Crippen molar-refractivity contribution in [3.63, 3.8) is 0 Å². The standard InChI is InChI=1S/C11H16ClN3O2/c12-8(5-13)6-15-3-4-17-7-10(15)11(16)14-9-1-2-9/h8-10H,1-4,6-7H2,(H,14,16). The van der Waals surface area contributed by atoms with Crippen LogP contribution in [0.2, 0.25) is 0 Å². The highest BCUT2D eigenvalue weighted by Gasteiger charge is 2.33. The maximum atomic E-state index is 12.0. The van der Waals surface area contributed by atoms with Crippen molar-refractivity contribution in [2.45, 2.75) is 30.3 Å². The first kappa shape index (κ1) is 12.6. The molecule has 2 fully saturated rings. The molecule has 2 unspecified atom stereocenters. The van der Waals surface area contributed by atoms with Gasteiger partial charge >= 0.3 is 0 Å². The molecule has 0 aromatic rings. The lowest BCUT2D eigenvalue weighted by molar-refractivity contribution is -0.132. The first-order valence-corrected chi connectivity index (χ1v) is 6.30. The van der Waals surface area contributed by atoms with Gasteiger partial charge in [-0.15, -0.1) is 11.6 Å². The number of alkyl halides is 1. The fourth-order valence-electron chi connectivity index (χ4n) is 1.87. The average molecular weight is 258 g/mol. The fourth-order valence-corrected chi connectivity index (χ4v) is 2.05. The number of amides is 1. The van der Waals surface area contributed by atoms with Gasteiger partial charge in [0.05, 0.1) is 19.3 Å². The fraction of sp³-hybridized carbons (Fsp3) is 0.818. The number of rotatable bonds is 4. The molecule has 5 nitrogen and oxygen atoms in total. The Morgan fingerprint density at radius 1 is 1.65 bits per heavy atom. The number of nitrogens with zero attached hydrogens (tertiary/aromatic N) is 2. The summed E-state index contributed by atoms with van der Waals surface area (Å²) in [6, 6.07) is 2.01. The minimum atomic E-state index is -0.579. The van der Waals surface area contributed by atoms with Gasteiger partial charge in [-0.1, -0.05) is 0 Å². The number of ether oxygens (including phenoxy) is 1. The Labute approximate surface area is 106 Å². The third-order valence-corrected chi connectivity index (χ3v) is 3.24. The van der Waals surface area contributed by atoms with Gasteiger partial charge < -0.3 is 10.1 Å². The number of nitrogens with one attached hydrogen (secondary N) is 1. The summed E-state index contributed by atoms with van der Waals surface area (Å²) < 4.78 is 5.32. The quantitative estimate of drug-likeness (QED) is 0.726. The molecule has 0 radical (unpaired) electrons. The van der Waals surface area contributed by atoms with Crippen molar-refractivity contribution in [2.75, 3.05) is 26.3 Å². The Bertz CT molecular complexity index is 327. The predicted octanol–water partition coefficient (Wildman–Crippen LogP) is 0.0968. The zero-order valence-corrected chi connectivity index (χ0v) is 10.3. The van der Waals surface area contributed by atoms with Crippen molar-refractivity contribution < 1.29 is 9.53 Å². The number of hydrogen-bond acceptors (Lipinski definition) is 4. The molecule has 1 saturated heterocycles. The van der Waals surface area contributed by atoms with E-state index in [0.717, 1.165) is 12.8 Å². The molecule has 1 amide bonds. The van der Waals surface area contributed by atoms with Gasteiger partial charge in [-0.3, -0.25) is 9.69 Å². The van der Waals surface area contributed by atoms with E-state index in [0.29, 0.717) is 32.3 Å². The number of carbonyl (C=O) groups excluding carboxylic acids is 1. The average Bonchev–Trinajstić information content (AvgIpc) is 3.13. The maximum Gasteiger partial charge on any atom is 0.239 e. The van der Waals surface area contributed by atoms with Crippen molar-refractivity contribution in [1.29, 1.82) is 5.26 Å². The van der Waals surface area contributed by atoms with E-state index in [2.05, 4.69) is 5.32 Å². The van der Waals surface area contributed by atoms with E-state index in [-0.39, 0.29) is 11.9 Å². The van der Waals surface area contributed by atoms with E-state index in [1.807, 2.05) is 11.0 Å². The van der Waals surface area contributed by atoms with Gasteiger partial charge in [-0.25, -0.2) is 0 Å². The van der Waals surface area contributed by atoms with Gasteiger partial charge in [0.25, 0.3) is 0 Å². The van der Waals surface area contributed by atoms with Crippen molar-refractivity contribution in [1.82, 2.24) is 10.2 Å². The number of carbonyl (C=O) groups is 1. The summed E-state index contributed by atoms with van der Waals surface area (Å²) in [4.78, 5) is 13.9. The Morgan fingerprint density at radius 3 is 3.06 bits per heavy atom. The molecular formula is C11H16ClN3O2. The van der Waals surface area contributed by atoms with Crippen LogP contribution in [0.15, 0.2) is 0 Å². The monoisotopic (exact) mass is 257 g/mol. The molecule has 1 heterocycles. The minimum absolute atomic E-state index is 0.00555. The smallest absolute Gasteiger partial charge is 0.239 e. The summed E-state index contributed by atoms with van der Waals surface area (Å²) in [5.74, 6) is -0.00555. The number of morpholine rings is 1. The summed E-state index contributed by atoms with van der Waals surface area (Å²) in [7, 11) is 0. The van der Waals surface area contributed by atoms with Crippen LogP contribution in [0.5, 0.6) is 0 Å². The van der Waals surface area contributed by atoms with E-state index in [9.17, 15) is 4.79 Å². The van der Waals surface area contributed by atoms with Gasteiger partial charge in [0.1, 0.15) is 11.4 Å². The van der Waals surface area contributed by atoms with Crippen molar-refractivity contribution in [3.05, 3.63) is 0 Å². The van der Waals surface area contributed by atoms with Crippen molar-refractivity contribution >= 4 is 17.5 Å². The summed E-state index contributed by atoms with van der Waals surface area (Å²) in [6.45, 7) is 2.02. The van der Waals surface area contributed by atoms with Crippen LogP contribution in [0.3, 0.4) is 0 Å². The largest absolute Gasteiger partial charge is 0.378 e. The molecule has 6 heteroatoms. The molecule has 2 rings (SSSR count). The van der Waals surface area contributed by atoms with E-state index in [1.165, 1.54) is 0 Å². The molecule has 2 atom stereocenters. The molecule has 0 bridgehead atoms. The lowest BCUT2D eigenvalue weighted by Gasteiger charge is -2.34. The van der Waals surface area contributed by atoms with Gasteiger partial charge in [-0.2, -0.15) is 5.26 Å². The van der Waals surface area contributed by atoms with Crippen LogP contribution in [0.25, 0.3) is 0 Å². The first-order valence-electron chi connectivity index (χ1n) is 5.86. The third-order valence-electron chi connectivity index (χ3n) is 3.00. The number of hydrogen-bond donors (Lipinski definition) is 1. The topological polar surface area (TPSA) is 65.4 Å². The van der Waals surface area contributed by atoms with Crippen LogP contribution >= 0.6 is 11.6 Å². The highest BCUT2D eigenvalue weighted by molar-refractivity contribution is 6.22. The van der Waals surface area contributed by atoms with E-state index >= 15 is 0 Å². The number of nitriles is 1. The van der Waals surface area contributed by atoms with Crippen molar-refractivity contribution in [3.8, 4) is 6.07 Å². The molecule has 17 heavy (non-hydrogen) atoms. The molecule has 1 saturated carbocycles. The highest BCUT2D eigenvalue weighted by Crippen LogP contribution is 2.19. The molecule has 0 spiro atoms. The van der Waals surface area contributed by atoms with Crippen LogP contribution in [-0.2, 0) is 9.53 Å². The highest BCUT2D eigenvalue weighted by atomic mass is 35.5. The van der Waals surface area contributed by atoms with Gasteiger partial charge in [-0.05, 0) is 12.8 Å². The molecule has 1 N–H and O–H groups in total. The Morgan fingerprint density at radius 2 is 2.41 bits per heavy atom. The third kappa shape index (κ3) is 3.56. The maximum absolute atomic E-state index is 12.0. The molecule has 94 valence electrons. The molecule has 2 aliphatic rings. The minimum Gasteiger partial charge on any atom is -0.378 e. The van der Waals surface area contributed by atoms with E-state index in [4.69, 9.17) is 21.6 Å². The zero-order chi connectivity index (χ0) is 12.3. The van der Waals surface area contributed by atoms with Crippen LogP contribution < -0.4 is 5.32 Å². The second-order valence-electron chi connectivity index (χ2n) is 4.47. The summed E-state index contributed by atoms with van der Waals surface area (Å²) in [5.41, 5.74) is 0.